The Bertz CT molecular complexity index is 310. The van der Waals surface area contributed by atoms with E-state index in [1.54, 1.807) is 13.2 Å². The summed E-state index contributed by atoms with van der Waals surface area (Å²) in [6.07, 6.45) is -1.33. The number of hydrogen-bond donors (Lipinski definition) is 1. The van der Waals surface area contributed by atoms with Gasteiger partial charge in [0.15, 0.2) is 0 Å². The summed E-state index contributed by atoms with van der Waals surface area (Å²) in [5.74, 6) is 0. The smallest absolute Gasteiger partial charge is 0.330 e. The monoisotopic (exact) mass is 239 g/mol. The molecule has 0 radical (unpaired) electrons. The van der Waals surface area contributed by atoms with Crippen molar-refractivity contribution < 1.29 is 13.2 Å². The molecule has 1 atom stereocenters. The van der Waals surface area contributed by atoms with Gasteiger partial charge in [0.1, 0.15) is 5.25 Å². The molecule has 0 saturated heterocycles. The molecule has 0 saturated carbocycles. The number of hydrogen-bond acceptors (Lipinski definition) is 3. The quantitative estimate of drug-likeness (QED) is 0.815. The van der Waals surface area contributed by atoms with Crippen LogP contribution in [0.15, 0.2) is 17.3 Å². The highest BCUT2D eigenvalue weighted by molar-refractivity contribution is 8.00. The van der Waals surface area contributed by atoms with Gasteiger partial charge in [-0.15, -0.1) is 11.8 Å². The molecule has 0 amide bonds. The van der Waals surface area contributed by atoms with Crippen LogP contribution in [-0.2, 0) is 7.05 Å². The van der Waals surface area contributed by atoms with E-state index in [9.17, 15) is 13.2 Å². The molecule has 1 aromatic rings. The van der Waals surface area contributed by atoms with Crippen LogP contribution in [0, 0.1) is 0 Å². The molecule has 0 aliphatic rings. The second-order valence-corrected chi connectivity index (χ2v) is 4.35. The number of nitrogens with two attached hydrogens (primary N) is 1. The molecule has 0 aromatic carbocycles. The molecule has 1 aromatic heterocycles. The molecule has 3 nitrogen and oxygen atoms in total. The lowest BCUT2D eigenvalue weighted by molar-refractivity contribution is -0.129. The molecular weight excluding hydrogens is 227 g/mol. The van der Waals surface area contributed by atoms with Crippen molar-refractivity contribution in [2.45, 2.75) is 22.7 Å². The molecule has 0 aliphatic carbocycles. The first-order valence-electron chi connectivity index (χ1n) is 4.35. The van der Waals surface area contributed by atoms with E-state index in [1.807, 2.05) is 0 Å². The van der Waals surface area contributed by atoms with Gasteiger partial charge in [-0.05, 0) is 13.0 Å². The lowest BCUT2D eigenvalue weighted by atomic mass is 10.3. The Morgan fingerprint density at radius 3 is 2.67 bits per heavy atom. The van der Waals surface area contributed by atoms with Crippen LogP contribution in [0.25, 0.3) is 0 Å². The average molecular weight is 239 g/mol. The largest absolute Gasteiger partial charge is 0.400 e. The van der Waals surface area contributed by atoms with Crippen LogP contribution in [0.3, 0.4) is 0 Å². The average Bonchev–Trinajstić information content (AvgIpc) is 2.49. The lowest BCUT2D eigenvalue weighted by Crippen LogP contribution is -2.28. The van der Waals surface area contributed by atoms with Crippen molar-refractivity contribution >= 4 is 11.8 Å². The second-order valence-electron chi connectivity index (χ2n) is 3.08. The van der Waals surface area contributed by atoms with E-state index in [0.29, 0.717) is 4.90 Å². The van der Waals surface area contributed by atoms with E-state index < -0.39 is 11.4 Å². The molecule has 2 N–H and O–H groups in total. The fraction of sp³-hybridized carbons (Fsp3) is 0.625. The Balaban J connectivity index is 2.66. The summed E-state index contributed by atoms with van der Waals surface area (Å²) in [5.41, 5.74) is 5.15. The zero-order valence-electron chi connectivity index (χ0n) is 8.16. The van der Waals surface area contributed by atoms with Crippen molar-refractivity contribution in [3.63, 3.8) is 0 Å². The van der Waals surface area contributed by atoms with E-state index >= 15 is 0 Å². The molecule has 15 heavy (non-hydrogen) atoms. The zero-order chi connectivity index (χ0) is 11.5. The number of halogens is 3. The topological polar surface area (TPSA) is 43.8 Å². The molecule has 0 fully saturated rings. The second kappa shape index (κ2) is 4.89. The SMILES string of the molecule is Cn1cc(SC(CCN)C(F)(F)F)cn1. The predicted molar refractivity (Wildman–Crippen MR) is 52.6 cm³/mol. The summed E-state index contributed by atoms with van der Waals surface area (Å²) in [5, 5.41) is 2.36. The number of thioether (sulfide) groups is 1. The maximum absolute atomic E-state index is 12.5. The first-order chi connectivity index (χ1) is 6.93. The van der Waals surface area contributed by atoms with Gasteiger partial charge in [0, 0.05) is 18.1 Å². The Hall–Kier alpha value is -0.690. The van der Waals surface area contributed by atoms with E-state index in [2.05, 4.69) is 5.10 Å². The number of rotatable bonds is 4. The van der Waals surface area contributed by atoms with Crippen LogP contribution in [0.4, 0.5) is 13.2 Å². The number of aromatic nitrogens is 2. The first-order valence-corrected chi connectivity index (χ1v) is 5.23. The van der Waals surface area contributed by atoms with Crippen LogP contribution in [0.1, 0.15) is 6.42 Å². The van der Waals surface area contributed by atoms with Crippen molar-refractivity contribution in [1.29, 1.82) is 0 Å². The number of aryl methyl sites for hydroxylation is 1. The van der Waals surface area contributed by atoms with Crippen molar-refractivity contribution in [3.05, 3.63) is 12.4 Å². The number of alkyl halides is 3. The summed E-state index contributed by atoms with van der Waals surface area (Å²) in [6, 6.07) is 0. The molecule has 1 unspecified atom stereocenters. The standard InChI is InChI=1S/C8H12F3N3S/c1-14-5-6(4-13-14)15-7(2-3-12)8(9,10)11/h4-5,7H,2-3,12H2,1H3. The van der Waals surface area contributed by atoms with Gasteiger partial charge in [0.05, 0.1) is 6.20 Å². The fourth-order valence-corrected chi connectivity index (χ4v) is 2.10. The van der Waals surface area contributed by atoms with Gasteiger partial charge in [-0.3, -0.25) is 4.68 Å². The molecule has 0 bridgehead atoms. The molecular formula is C8H12F3N3S. The fourth-order valence-electron chi connectivity index (χ4n) is 1.06. The molecule has 0 aliphatic heterocycles. The van der Waals surface area contributed by atoms with Gasteiger partial charge in [-0.2, -0.15) is 18.3 Å². The van der Waals surface area contributed by atoms with Crippen molar-refractivity contribution in [2.24, 2.45) is 12.8 Å². The normalized spacial score (nSPS) is 14.2. The molecule has 1 heterocycles. The summed E-state index contributed by atoms with van der Waals surface area (Å²) in [7, 11) is 1.66. The minimum absolute atomic E-state index is 0.0252. The van der Waals surface area contributed by atoms with Gasteiger partial charge in [-0.1, -0.05) is 0 Å². The van der Waals surface area contributed by atoms with Crippen LogP contribution >= 0.6 is 11.8 Å². The van der Waals surface area contributed by atoms with Crippen LogP contribution in [0.2, 0.25) is 0 Å². The Labute approximate surface area is 89.8 Å². The van der Waals surface area contributed by atoms with Crippen LogP contribution in [-0.4, -0.2) is 27.8 Å². The third kappa shape index (κ3) is 3.75. The first kappa shape index (κ1) is 12.4. The van der Waals surface area contributed by atoms with Crippen LogP contribution in [0.5, 0.6) is 0 Å². The summed E-state index contributed by atoms with van der Waals surface area (Å²) in [4.78, 5) is 0.508. The zero-order valence-corrected chi connectivity index (χ0v) is 8.98. The van der Waals surface area contributed by atoms with Gasteiger partial charge in [0.25, 0.3) is 0 Å². The summed E-state index contributed by atoms with van der Waals surface area (Å²) < 4.78 is 39.0. The molecule has 7 heteroatoms. The Morgan fingerprint density at radius 2 is 2.27 bits per heavy atom. The minimum Gasteiger partial charge on any atom is -0.330 e. The van der Waals surface area contributed by atoms with Crippen molar-refractivity contribution in [2.75, 3.05) is 6.54 Å². The number of nitrogens with zero attached hydrogens (tertiary/aromatic N) is 2. The van der Waals surface area contributed by atoms with Gasteiger partial charge >= 0.3 is 6.18 Å². The van der Waals surface area contributed by atoms with E-state index in [4.69, 9.17) is 5.73 Å². The highest BCUT2D eigenvalue weighted by atomic mass is 32.2. The van der Waals surface area contributed by atoms with Gasteiger partial charge in [0.2, 0.25) is 0 Å². The van der Waals surface area contributed by atoms with Gasteiger partial charge < -0.3 is 5.73 Å². The third-order valence-electron chi connectivity index (χ3n) is 1.75. The molecule has 1 rings (SSSR count). The highest BCUT2D eigenvalue weighted by Gasteiger charge is 2.39. The van der Waals surface area contributed by atoms with E-state index in [-0.39, 0.29) is 13.0 Å². The Kier molecular flexibility index (Phi) is 4.04. The highest BCUT2D eigenvalue weighted by Crippen LogP contribution is 2.36. The lowest BCUT2D eigenvalue weighted by Gasteiger charge is -2.17. The van der Waals surface area contributed by atoms with Gasteiger partial charge in [-0.25, -0.2) is 0 Å². The Morgan fingerprint density at radius 1 is 1.60 bits per heavy atom. The minimum atomic E-state index is -4.22. The summed E-state index contributed by atoms with van der Waals surface area (Å²) in [6.45, 7) is 0.0252. The van der Waals surface area contributed by atoms with Crippen LogP contribution < -0.4 is 5.73 Å². The maximum Gasteiger partial charge on any atom is 0.400 e. The van der Waals surface area contributed by atoms with Crippen molar-refractivity contribution in [3.8, 4) is 0 Å². The van der Waals surface area contributed by atoms with Crippen molar-refractivity contribution in [1.82, 2.24) is 9.78 Å². The van der Waals surface area contributed by atoms with E-state index in [1.165, 1.54) is 10.9 Å². The van der Waals surface area contributed by atoms with E-state index in [0.717, 1.165) is 11.8 Å². The molecule has 86 valence electrons. The predicted octanol–water partition coefficient (Wildman–Crippen LogP) is 1.79. The maximum atomic E-state index is 12.5. The summed E-state index contributed by atoms with van der Waals surface area (Å²) >= 11 is 0.753. The molecule has 0 spiro atoms. The third-order valence-corrected chi connectivity index (χ3v) is 3.02.